The van der Waals surface area contributed by atoms with E-state index < -0.39 is 0 Å². The van der Waals surface area contributed by atoms with Crippen molar-refractivity contribution >= 4 is 5.91 Å². The second-order valence-electron chi connectivity index (χ2n) is 6.44. The van der Waals surface area contributed by atoms with E-state index in [0.717, 1.165) is 18.6 Å². The lowest BCUT2D eigenvalue weighted by molar-refractivity contribution is -0.143. The molecule has 0 radical (unpaired) electrons. The van der Waals surface area contributed by atoms with E-state index in [2.05, 4.69) is 17.3 Å². The minimum Gasteiger partial charge on any atom is -0.378 e. The number of carbonyl (C=O) groups is 1. The quantitative estimate of drug-likeness (QED) is 0.900. The second-order valence-corrected chi connectivity index (χ2v) is 6.44. The molecular weight excluding hydrogens is 266 g/mol. The van der Waals surface area contributed by atoms with Crippen molar-refractivity contribution in [2.24, 2.45) is 12.5 Å². The van der Waals surface area contributed by atoms with Crippen molar-refractivity contribution in [2.45, 2.75) is 57.6 Å². The Balaban J connectivity index is 1.58. The van der Waals surface area contributed by atoms with Crippen LogP contribution in [0.25, 0.3) is 0 Å². The van der Waals surface area contributed by atoms with Gasteiger partial charge in [0.2, 0.25) is 5.91 Å². The van der Waals surface area contributed by atoms with Crippen LogP contribution in [0.3, 0.4) is 0 Å². The number of aryl methyl sites for hydroxylation is 1. The summed E-state index contributed by atoms with van der Waals surface area (Å²) in [4.78, 5) is 12.2. The summed E-state index contributed by atoms with van der Waals surface area (Å²) >= 11 is 0. The van der Waals surface area contributed by atoms with E-state index in [-0.39, 0.29) is 11.3 Å². The molecule has 0 aliphatic heterocycles. The number of hydrogen-bond donors (Lipinski definition) is 1. The van der Waals surface area contributed by atoms with E-state index in [0.29, 0.717) is 18.6 Å². The SMILES string of the molecule is CCO[C@@H]1C[C@H](NC(=O)Cc2cnn(C)c2)C12CCCC2. The molecule has 5 heteroatoms. The Hall–Kier alpha value is -1.36. The van der Waals surface area contributed by atoms with Crippen LogP contribution in [0.4, 0.5) is 0 Å². The predicted molar refractivity (Wildman–Crippen MR) is 79.8 cm³/mol. The number of ether oxygens (including phenoxy) is 1. The highest BCUT2D eigenvalue weighted by atomic mass is 16.5. The van der Waals surface area contributed by atoms with Gasteiger partial charge in [-0.25, -0.2) is 0 Å². The van der Waals surface area contributed by atoms with Gasteiger partial charge in [0.15, 0.2) is 0 Å². The van der Waals surface area contributed by atoms with E-state index in [4.69, 9.17) is 4.74 Å². The Bertz CT molecular complexity index is 505. The van der Waals surface area contributed by atoms with Crippen LogP contribution in [0.2, 0.25) is 0 Å². The lowest BCUT2D eigenvalue weighted by Gasteiger charge is -2.54. The first-order valence-electron chi connectivity index (χ1n) is 8.02. The molecule has 2 aliphatic carbocycles. The first kappa shape index (κ1) is 14.6. The highest BCUT2D eigenvalue weighted by Gasteiger charge is 2.57. The third-order valence-corrected chi connectivity index (χ3v) is 5.15. The van der Waals surface area contributed by atoms with Crippen LogP contribution in [0, 0.1) is 5.41 Å². The molecule has 2 fully saturated rings. The van der Waals surface area contributed by atoms with E-state index >= 15 is 0 Å². The van der Waals surface area contributed by atoms with Crippen molar-refractivity contribution < 1.29 is 9.53 Å². The van der Waals surface area contributed by atoms with E-state index in [1.54, 1.807) is 10.9 Å². The summed E-state index contributed by atoms with van der Waals surface area (Å²) in [7, 11) is 1.87. The van der Waals surface area contributed by atoms with Crippen LogP contribution in [0.5, 0.6) is 0 Å². The summed E-state index contributed by atoms with van der Waals surface area (Å²) in [5.74, 6) is 0.106. The molecule has 1 aromatic heterocycles. The Labute approximate surface area is 126 Å². The lowest BCUT2D eigenvalue weighted by Crippen LogP contribution is -2.63. The van der Waals surface area contributed by atoms with Gasteiger partial charge in [0.1, 0.15) is 0 Å². The van der Waals surface area contributed by atoms with Gasteiger partial charge in [-0.3, -0.25) is 9.48 Å². The van der Waals surface area contributed by atoms with Gasteiger partial charge in [0.05, 0.1) is 18.7 Å². The molecule has 21 heavy (non-hydrogen) atoms. The number of carbonyl (C=O) groups excluding carboxylic acids is 1. The zero-order valence-corrected chi connectivity index (χ0v) is 13.0. The normalized spacial score (nSPS) is 26.8. The van der Waals surface area contributed by atoms with Gasteiger partial charge < -0.3 is 10.1 Å². The average Bonchev–Trinajstić information content (AvgIpc) is 3.08. The minimum atomic E-state index is 0.106. The third kappa shape index (κ3) is 2.71. The molecule has 0 aromatic carbocycles. The zero-order chi connectivity index (χ0) is 14.9. The molecule has 1 spiro atoms. The Morgan fingerprint density at radius 3 is 2.90 bits per heavy atom. The van der Waals surface area contributed by atoms with Gasteiger partial charge in [-0.2, -0.15) is 5.10 Å². The maximum Gasteiger partial charge on any atom is 0.224 e. The predicted octanol–water partition coefficient (Wildman–Crippen LogP) is 1.82. The highest BCUT2D eigenvalue weighted by Crippen LogP contribution is 2.54. The van der Waals surface area contributed by atoms with Gasteiger partial charge >= 0.3 is 0 Å². The molecule has 1 aromatic rings. The molecule has 3 rings (SSSR count). The summed E-state index contributed by atoms with van der Waals surface area (Å²) < 4.78 is 7.62. The number of aromatic nitrogens is 2. The molecule has 116 valence electrons. The van der Waals surface area contributed by atoms with Crippen molar-refractivity contribution in [3.63, 3.8) is 0 Å². The van der Waals surface area contributed by atoms with Crippen LogP contribution in [0.1, 0.15) is 44.6 Å². The Kier molecular flexibility index (Phi) is 4.02. The highest BCUT2D eigenvalue weighted by molar-refractivity contribution is 5.79. The minimum absolute atomic E-state index is 0.106. The summed E-state index contributed by atoms with van der Waals surface area (Å²) in [6, 6.07) is 0.292. The van der Waals surface area contributed by atoms with Gasteiger partial charge in [-0.15, -0.1) is 0 Å². The first-order chi connectivity index (χ1) is 10.1. The van der Waals surface area contributed by atoms with Gasteiger partial charge in [0, 0.05) is 31.3 Å². The summed E-state index contributed by atoms with van der Waals surface area (Å²) in [6.45, 7) is 2.82. The fourth-order valence-corrected chi connectivity index (χ4v) is 4.08. The second kappa shape index (κ2) is 5.79. The summed E-state index contributed by atoms with van der Waals surface area (Å²) in [5.41, 5.74) is 1.18. The number of amides is 1. The topological polar surface area (TPSA) is 56.1 Å². The zero-order valence-electron chi connectivity index (χ0n) is 13.0. The lowest BCUT2D eigenvalue weighted by atomic mass is 9.60. The molecule has 2 saturated carbocycles. The number of nitrogens with one attached hydrogen (secondary N) is 1. The fraction of sp³-hybridized carbons (Fsp3) is 0.750. The van der Waals surface area contributed by atoms with Crippen LogP contribution in [-0.2, 0) is 23.0 Å². The molecule has 0 unspecified atom stereocenters. The van der Waals surface area contributed by atoms with Crippen molar-refractivity contribution in [2.75, 3.05) is 6.61 Å². The average molecular weight is 291 g/mol. The summed E-state index contributed by atoms with van der Waals surface area (Å²) in [5, 5.41) is 7.35. The van der Waals surface area contributed by atoms with Crippen molar-refractivity contribution in [3.8, 4) is 0 Å². The van der Waals surface area contributed by atoms with Crippen LogP contribution in [0.15, 0.2) is 12.4 Å². The van der Waals surface area contributed by atoms with E-state index in [9.17, 15) is 4.79 Å². The Morgan fingerprint density at radius 1 is 1.52 bits per heavy atom. The molecule has 0 bridgehead atoms. The van der Waals surface area contributed by atoms with Crippen molar-refractivity contribution in [3.05, 3.63) is 18.0 Å². The first-order valence-corrected chi connectivity index (χ1v) is 8.02. The maximum atomic E-state index is 12.2. The molecule has 1 heterocycles. The molecule has 1 N–H and O–H groups in total. The molecule has 0 saturated heterocycles. The molecule has 2 atom stereocenters. The van der Waals surface area contributed by atoms with Gasteiger partial charge in [-0.05, 0) is 31.7 Å². The third-order valence-electron chi connectivity index (χ3n) is 5.15. The maximum absolute atomic E-state index is 12.2. The van der Waals surface area contributed by atoms with Crippen LogP contribution < -0.4 is 5.32 Å². The van der Waals surface area contributed by atoms with E-state index in [1.807, 2.05) is 13.2 Å². The monoisotopic (exact) mass is 291 g/mol. The van der Waals surface area contributed by atoms with Crippen molar-refractivity contribution in [1.29, 1.82) is 0 Å². The van der Waals surface area contributed by atoms with Gasteiger partial charge in [0.25, 0.3) is 0 Å². The molecule has 2 aliphatic rings. The molecular formula is C16H25N3O2. The fourth-order valence-electron chi connectivity index (χ4n) is 4.08. The van der Waals surface area contributed by atoms with Gasteiger partial charge in [-0.1, -0.05) is 12.8 Å². The number of nitrogens with zero attached hydrogens (tertiary/aromatic N) is 2. The number of hydrogen-bond acceptors (Lipinski definition) is 3. The smallest absolute Gasteiger partial charge is 0.224 e. The Morgan fingerprint density at radius 2 is 2.29 bits per heavy atom. The van der Waals surface area contributed by atoms with Crippen LogP contribution >= 0.6 is 0 Å². The summed E-state index contributed by atoms with van der Waals surface area (Å²) in [6.07, 6.45) is 10.3. The molecule has 5 nitrogen and oxygen atoms in total. The molecule has 1 amide bonds. The standard InChI is InChI=1S/C16H25N3O2/c1-3-21-14-9-13(16(14)6-4-5-7-16)18-15(20)8-12-10-17-19(2)11-12/h10-11,13-14H,3-9H2,1-2H3,(H,18,20)/t13-,14+/m0/s1. The van der Waals surface area contributed by atoms with Crippen molar-refractivity contribution in [1.82, 2.24) is 15.1 Å². The number of rotatable bonds is 5. The van der Waals surface area contributed by atoms with Crippen LogP contribution in [-0.4, -0.2) is 34.4 Å². The van der Waals surface area contributed by atoms with E-state index in [1.165, 1.54) is 25.7 Å². The largest absolute Gasteiger partial charge is 0.378 e.